The van der Waals surface area contributed by atoms with Crippen LogP contribution < -0.4 is 15.5 Å². The summed E-state index contributed by atoms with van der Waals surface area (Å²) in [5.74, 6) is -0.551. The molecule has 0 radical (unpaired) electrons. The third-order valence-electron chi connectivity index (χ3n) is 4.59. The van der Waals surface area contributed by atoms with E-state index in [1.54, 1.807) is 0 Å². The van der Waals surface area contributed by atoms with E-state index in [4.69, 9.17) is 12.2 Å². The monoisotopic (exact) mass is 375 g/mol. The Morgan fingerprint density at radius 2 is 1.96 bits per heavy atom. The molecule has 0 amide bonds. The Labute approximate surface area is 158 Å². The third-order valence-corrected chi connectivity index (χ3v) is 4.84. The molecule has 1 fully saturated rings. The molecule has 1 aliphatic rings. The standard InChI is InChI=1S/C20H23F2N3S/c1-14-3-2-10-25(13-14)17-7-4-15(5-8-17)12-23-20(26)24-19-9-6-16(21)11-18(19)22/h4-9,11,14H,2-3,10,12-13H2,1H3,(H2,23,24,26)/t14-/m1/s1. The van der Waals surface area contributed by atoms with Crippen molar-refractivity contribution < 1.29 is 8.78 Å². The van der Waals surface area contributed by atoms with Gasteiger partial charge in [-0.15, -0.1) is 0 Å². The molecule has 1 saturated heterocycles. The van der Waals surface area contributed by atoms with Gasteiger partial charge in [0.25, 0.3) is 0 Å². The van der Waals surface area contributed by atoms with Gasteiger partial charge >= 0.3 is 0 Å². The van der Waals surface area contributed by atoms with Gasteiger partial charge in [0.1, 0.15) is 11.6 Å². The number of rotatable bonds is 4. The molecule has 0 saturated carbocycles. The minimum absolute atomic E-state index is 0.151. The molecule has 2 N–H and O–H groups in total. The predicted octanol–water partition coefficient (Wildman–Crippen LogP) is 4.69. The molecule has 138 valence electrons. The van der Waals surface area contributed by atoms with Gasteiger partial charge in [0.05, 0.1) is 5.69 Å². The van der Waals surface area contributed by atoms with Gasteiger partial charge in [0, 0.05) is 31.4 Å². The van der Waals surface area contributed by atoms with Crippen LogP contribution in [0.1, 0.15) is 25.3 Å². The van der Waals surface area contributed by atoms with E-state index < -0.39 is 11.6 Å². The summed E-state index contributed by atoms with van der Waals surface area (Å²) in [7, 11) is 0. The molecule has 1 atom stereocenters. The topological polar surface area (TPSA) is 27.3 Å². The third kappa shape index (κ3) is 4.91. The average molecular weight is 375 g/mol. The van der Waals surface area contributed by atoms with Crippen molar-refractivity contribution in [3.63, 3.8) is 0 Å². The number of hydrogen-bond donors (Lipinski definition) is 2. The van der Waals surface area contributed by atoms with Gasteiger partial charge in [-0.1, -0.05) is 19.1 Å². The Bertz CT molecular complexity index is 764. The molecule has 2 aromatic rings. The lowest BCUT2D eigenvalue weighted by Crippen LogP contribution is -2.34. The van der Waals surface area contributed by atoms with Crippen molar-refractivity contribution >= 4 is 28.7 Å². The Kier molecular flexibility index (Phi) is 6.04. The van der Waals surface area contributed by atoms with Crippen LogP contribution in [-0.2, 0) is 6.54 Å². The van der Waals surface area contributed by atoms with Gasteiger partial charge in [-0.3, -0.25) is 0 Å². The number of nitrogens with one attached hydrogen (secondary N) is 2. The minimum atomic E-state index is -0.672. The fourth-order valence-electron chi connectivity index (χ4n) is 3.19. The Balaban J connectivity index is 1.52. The highest BCUT2D eigenvalue weighted by atomic mass is 32.1. The maximum absolute atomic E-state index is 13.6. The second-order valence-corrected chi connectivity index (χ2v) is 7.20. The molecule has 0 spiro atoms. The molecule has 6 heteroatoms. The smallest absolute Gasteiger partial charge is 0.171 e. The van der Waals surface area contributed by atoms with Crippen LogP contribution in [0.2, 0.25) is 0 Å². The molecular formula is C20H23F2N3S. The highest BCUT2D eigenvalue weighted by Gasteiger charge is 2.16. The van der Waals surface area contributed by atoms with E-state index in [-0.39, 0.29) is 5.69 Å². The molecule has 0 unspecified atom stereocenters. The first-order valence-electron chi connectivity index (χ1n) is 8.85. The molecule has 0 aliphatic carbocycles. The summed E-state index contributed by atoms with van der Waals surface area (Å²) in [5, 5.41) is 6.08. The number of thiocarbonyl (C=S) groups is 1. The lowest BCUT2D eigenvalue weighted by molar-refractivity contribution is 0.447. The number of nitrogens with zero attached hydrogens (tertiary/aromatic N) is 1. The van der Waals surface area contributed by atoms with E-state index in [0.29, 0.717) is 11.7 Å². The van der Waals surface area contributed by atoms with E-state index >= 15 is 0 Å². The van der Waals surface area contributed by atoms with Crippen molar-refractivity contribution in [2.24, 2.45) is 5.92 Å². The number of halogens is 2. The molecule has 26 heavy (non-hydrogen) atoms. The molecule has 2 aromatic carbocycles. The number of piperidine rings is 1. The van der Waals surface area contributed by atoms with Crippen LogP contribution in [0.25, 0.3) is 0 Å². The normalized spacial score (nSPS) is 17.0. The van der Waals surface area contributed by atoms with Crippen LogP contribution in [0.4, 0.5) is 20.2 Å². The van der Waals surface area contributed by atoms with Gasteiger partial charge in [-0.2, -0.15) is 0 Å². The summed E-state index contributed by atoms with van der Waals surface area (Å²) in [6.07, 6.45) is 2.54. The minimum Gasteiger partial charge on any atom is -0.371 e. The van der Waals surface area contributed by atoms with E-state index in [0.717, 1.165) is 30.6 Å². The van der Waals surface area contributed by atoms with Gasteiger partial charge in [0.2, 0.25) is 0 Å². The van der Waals surface area contributed by atoms with Crippen LogP contribution in [-0.4, -0.2) is 18.2 Å². The molecular weight excluding hydrogens is 352 g/mol. The van der Waals surface area contributed by atoms with E-state index in [1.807, 2.05) is 0 Å². The highest BCUT2D eigenvalue weighted by Crippen LogP contribution is 2.23. The molecule has 0 aromatic heterocycles. The Morgan fingerprint density at radius 3 is 2.65 bits per heavy atom. The van der Waals surface area contributed by atoms with Gasteiger partial charge in [-0.05, 0) is 60.8 Å². The summed E-state index contributed by atoms with van der Waals surface area (Å²) in [5.41, 5.74) is 2.48. The quantitative estimate of drug-likeness (QED) is 0.759. The second-order valence-electron chi connectivity index (χ2n) is 6.79. The first-order chi connectivity index (χ1) is 12.5. The van der Waals surface area contributed by atoms with Gasteiger partial charge in [-0.25, -0.2) is 8.78 Å². The second kappa shape index (κ2) is 8.45. The molecule has 0 bridgehead atoms. The molecule has 3 nitrogen and oxygen atoms in total. The summed E-state index contributed by atoms with van der Waals surface area (Å²) >= 11 is 5.18. The highest BCUT2D eigenvalue weighted by molar-refractivity contribution is 7.80. The number of benzene rings is 2. The fraction of sp³-hybridized carbons (Fsp3) is 0.350. The summed E-state index contributed by atoms with van der Waals surface area (Å²) in [6, 6.07) is 11.7. The fourth-order valence-corrected chi connectivity index (χ4v) is 3.37. The van der Waals surface area contributed by atoms with Crippen molar-refractivity contribution in [3.05, 3.63) is 59.7 Å². The van der Waals surface area contributed by atoms with Crippen LogP contribution in [0, 0.1) is 17.6 Å². The summed E-state index contributed by atoms with van der Waals surface area (Å²) in [4.78, 5) is 2.43. The van der Waals surface area contributed by atoms with Crippen LogP contribution in [0.15, 0.2) is 42.5 Å². The Morgan fingerprint density at radius 1 is 1.19 bits per heavy atom. The van der Waals surface area contributed by atoms with Crippen molar-refractivity contribution in [2.75, 3.05) is 23.3 Å². The molecule has 3 rings (SSSR count). The van der Waals surface area contributed by atoms with E-state index in [2.05, 4.69) is 46.7 Å². The van der Waals surface area contributed by atoms with Crippen molar-refractivity contribution in [1.29, 1.82) is 0 Å². The van der Waals surface area contributed by atoms with Gasteiger partial charge in [0.15, 0.2) is 5.11 Å². The zero-order chi connectivity index (χ0) is 18.5. The SMILES string of the molecule is C[C@@H]1CCCN(c2ccc(CNC(=S)Nc3ccc(F)cc3F)cc2)C1. The van der Waals surface area contributed by atoms with Gasteiger partial charge < -0.3 is 15.5 Å². The lowest BCUT2D eigenvalue weighted by Gasteiger charge is -2.32. The van der Waals surface area contributed by atoms with Crippen molar-refractivity contribution in [3.8, 4) is 0 Å². The predicted molar refractivity (Wildman–Crippen MR) is 106 cm³/mol. The van der Waals surface area contributed by atoms with Crippen molar-refractivity contribution in [2.45, 2.75) is 26.3 Å². The van der Waals surface area contributed by atoms with Crippen LogP contribution >= 0.6 is 12.2 Å². The molecule has 1 aliphatic heterocycles. The number of hydrogen-bond acceptors (Lipinski definition) is 2. The lowest BCUT2D eigenvalue weighted by atomic mass is 9.99. The largest absolute Gasteiger partial charge is 0.371 e. The first-order valence-corrected chi connectivity index (χ1v) is 9.26. The van der Waals surface area contributed by atoms with E-state index in [9.17, 15) is 8.78 Å². The van der Waals surface area contributed by atoms with E-state index in [1.165, 1.54) is 30.7 Å². The zero-order valence-corrected chi connectivity index (χ0v) is 15.6. The van der Waals surface area contributed by atoms with Crippen LogP contribution in [0.5, 0.6) is 0 Å². The van der Waals surface area contributed by atoms with Crippen molar-refractivity contribution in [1.82, 2.24) is 5.32 Å². The molecule has 1 heterocycles. The average Bonchev–Trinajstić information content (AvgIpc) is 2.63. The first kappa shape index (κ1) is 18.6. The zero-order valence-electron chi connectivity index (χ0n) is 14.8. The summed E-state index contributed by atoms with van der Waals surface area (Å²) in [6.45, 7) is 5.04. The maximum Gasteiger partial charge on any atom is 0.171 e. The van der Waals surface area contributed by atoms with Crippen LogP contribution in [0.3, 0.4) is 0 Å². The summed E-state index contributed by atoms with van der Waals surface area (Å²) < 4.78 is 26.6. The number of anilines is 2. The maximum atomic E-state index is 13.6. The Hall–Kier alpha value is -2.21.